The quantitative estimate of drug-likeness (QED) is 0.577. The Morgan fingerprint density at radius 2 is 1.81 bits per heavy atom. The molecule has 1 aromatic carbocycles. The van der Waals surface area contributed by atoms with Crippen molar-refractivity contribution in [1.29, 1.82) is 0 Å². The van der Waals surface area contributed by atoms with Gasteiger partial charge in [-0.1, -0.05) is 32.9 Å². The fourth-order valence-electron chi connectivity index (χ4n) is 5.34. The average molecular weight is 503 g/mol. The van der Waals surface area contributed by atoms with E-state index in [4.69, 9.17) is 0 Å². The molecule has 2 aromatic rings. The summed E-state index contributed by atoms with van der Waals surface area (Å²) in [5, 5.41) is 1.83. The van der Waals surface area contributed by atoms with Crippen LogP contribution in [0.3, 0.4) is 0 Å². The molecule has 1 aromatic heterocycles. The van der Waals surface area contributed by atoms with Crippen molar-refractivity contribution in [2.45, 2.75) is 69.9 Å². The van der Waals surface area contributed by atoms with Crippen molar-refractivity contribution >= 4 is 17.9 Å². The normalized spacial score (nSPS) is 23.1. The molecule has 0 radical (unpaired) electrons. The summed E-state index contributed by atoms with van der Waals surface area (Å²) in [7, 11) is 4.03. The molecule has 3 aliphatic rings. The summed E-state index contributed by atoms with van der Waals surface area (Å²) in [5.74, 6) is -0.766. The lowest BCUT2D eigenvalue weighted by Gasteiger charge is -2.24. The zero-order valence-corrected chi connectivity index (χ0v) is 21.4. The lowest BCUT2D eigenvalue weighted by atomic mass is 9.83. The number of Topliss-reactive ketones (excluding diaryl/α,β-unsaturated/α-hetero) is 1. The van der Waals surface area contributed by atoms with E-state index in [0.717, 1.165) is 29.4 Å². The van der Waals surface area contributed by atoms with Gasteiger partial charge >= 0.3 is 6.29 Å². The predicted octanol–water partition coefficient (Wildman–Crippen LogP) is 3.89. The zero-order chi connectivity index (χ0) is 26.0. The number of ketones is 1. The monoisotopic (exact) mass is 502 g/mol. The highest BCUT2D eigenvalue weighted by atomic mass is 19.3. The Bertz CT molecular complexity index is 1320. The summed E-state index contributed by atoms with van der Waals surface area (Å²) < 4.78 is 53.6. The van der Waals surface area contributed by atoms with Crippen LogP contribution < -0.4 is 20.0 Å². The fraction of sp³-hybridized carbons (Fsp3) is 0.536. The van der Waals surface area contributed by atoms with Gasteiger partial charge in [-0.3, -0.25) is 4.79 Å². The number of carbonyl (C=O) groups excluding carboxylic acids is 1. The minimum atomic E-state index is -3.71. The number of ether oxygens (including phenoxy) is 2. The molecule has 0 bridgehead atoms. The zero-order valence-electron chi connectivity index (χ0n) is 21.4. The first-order valence-corrected chi connectivity index (χ1v) is 12.5. The van der Waals surface area contributed by atoms with E-state index in [0.29, 0.717) is 18.4 Å². The Morgan fingerprint density at radius 1 is 1.11 bits per heavy atom. The summed E-state index contributed by atoms with van der Waals surface area (Å²) >= 11 is 0. The van der Waals surface area contributed by atoms with Crippen LogP contribution in [0.5, 0.6) is 11.5 Å². The maximum atomic E-state index is 15.5. The number of rotatable bonds is 7. The molecule has 1 aliphatic heterocycles. The van der Waals surface area contributed by atoms with E-state index < -0.39 is 23.8 Å². The Labute approximate surface area is 209 Å². The van der Waals surface area contributed by atoms with E-state index in [9.17, 15) is 13.6 Å². The highest BCUT2D eigenvalue weighted by Crippen LogP contribution is 2.53. The second kappa shape index (κ2) is 8.40. The number of alkyl halides is 3. The molecule has 8 heteroatoms. The summed E-state index contributed by atoms with van der Waals surface area (Å²) in [5.41, 5.74) is 0.861. The lowest BCUT2D eigenvalue weighted by molar-refractivity contribution is -0.286. The number of aromatic nitrogens is 1. The van der Waals surface area contributed by atoms with Crippen LogP contribution in [0.1, 0.15) is 51.3 Å². The van der Waals surface area contributed by atoms with E-state index in [-0.39, 0.29) is 29.1 Å². The van der Waals surface area contributed by atoms with E-state index >= 15 is 4.39 Å². The largest absolute Gasteiger partial charge is 0.586 e. The molecule has 0 amide bonds. The van der Waals surface area contributed by atoms with Crippen molar-refractivity contribution in [3.05, 3.63) is 46.1 Å². The van der Waals surface area contributed by atoms with Crippen LogP contribution in [-0.2, 0) is 22.2 Å². The maximum absolute atomic E-state index is 15.5. The van der Waals surface area contributed by atoms with Gasteiger partial charge in [-0.2, -0.15) is 0 Å². The second-order valence-corrected chi connectivity index (χ2v) is 11.6. The minimum absolute atomic E-state index is 0.0491. The van der Waals surface area contributed by atoms with Crippen LogP contribution in [0.4, 0.5) is 13.2 Å². The van der Waals surface area contributed by atoms with Crippen molar-refractivity contribution in [3.8, 4) is 11.5 Å². The number of fused-ring (bicyclic) bond motifs is 2. The average Bonchev–Trinajstić information content (AvgIpc) is 3.41. The third kappa shape index (κ3) is 4.44. The number of nitrogens with zero attached hydrogens (tertiary/aromatic N) is 2. The van der Waals surface area contributed by atoms with E-state index in [2.05, 4.69) is 45.8 Å². The van der Waals surface area contributed by atoms with Crippen molar-refractivity contribution in [2.24, 2.45) is 5.92 Å². The van der Waals surface area contributed by atoms with Crippen LogP contribution in [0.2, 0.25) is 0 Å². The van der Waals surface area contributed by atoms with Gasteiger partial charge in [0, 0.05) is 41.9 Å². The SMILES string of the molecule is CN(C)CCn1c(C(C)(C)C)cc2c1=CC(F)C(CC(=O)C1(c3ccc4c(c3)OC(F)(F)O4)CC1)C=2. The molecule has 5 nitrogen and oxygen atoms in total. The number of halogens is 3. The molecule has 0 N–H and O–H groups in total. The summed E-state index contributed by atoms with van der Waals surface area (Å²) in [6.45, 7) is 8.02. The second-order valence-electron chi connectivity index (χ2n) is 11.6. The van der Waals surface area contributed by atoms with Gasteiger partial charge in [0.2, 0.25) is 0 Å². The summed E-state index contributed by atoms with van der Waals surface area (Å²) in [6.07, 6.45) is -0.173. The van der Waals surface area contributed by atoms with Crippen LogP contribution in [0.25, 0.3) is 12.2 Å². The van der Waals surface area contributed by atoms with Crippen LogP contribution in [0.15, 0.2) is 24.3 Å². The molecule has 194 valence electrons. The molecule has 0 saturated heterocycles. The Hall–Kier alpha value is -2.74. The topological polar surface area (TPSA) is 43.7 Å². The Balaban J connectivity index is 1.41. The van der Waals surface area contributed by atoms with E-state index in [1.807, 2.05) is 20.2 Å². The van der Waals surface area contributed by atoms with Crippen LogP contribution in [-0.4, -0.2) is 48.4 Å². The first kappa shape index (κ1) is 24.9. The van der Waals surface area contributed by atoms with Crippen LogP contribution in [0, 0.1) is 5.92 Å². The van der Waals surface area contributed by atoms with Gasteiger partial charge in [-0.05, 0) is 62.0 Å². The molecule has 2 atom stereocenters. The Kier molecular flexibility index (Phi) is 5.82. The van der Waals surface area contributed by atoms with Crippen molar-refractivity contribution in [1.82, 2.24) is 9.47 Å². The van der Waals surface area contributed by atoms with Gasteiger partial charge in [0.15, 0.2) is 11.5 Å². The standard InChI is InChI=1S/C28H33F3N2O3/c1-26(2,3)24-13-18-12-17(20(29)16-21(18)33(24)11-10-32(4)5)14-25(34)27(8-9-27)19-6-7-22-23(15-19)36-28(30,31)35-22/h6-7,12-13,15-17,20H,8-11,14H2,1-5H3. The molecule has 2 aliphatic carbocycles. The number of likely N-dealkylation sites (N-methyl/N-ethyl adjacent to an activating group) is 1. The van der Waals surface area contributed by atoms with Gasteiger partial charge in [-0.25, -0.2) is 4.39 Å². The first-order valence-electron chi connectivity index (χ1n) is 12.5. The predicted molar refractivity (Wildman–Crippen MR) is 131 cm³/mol. The minimum Gasteiger partial charge on any atom is -0.395 e. The fourth-order valence-corrected chi connectivity index (χ4v) is 5.34. The Morgan fingerprint density at radius 3 is 2.44 bits per heavy atom. The van der Waals surface area contributed by atoms with Crippen molar-refractivity contribution in [2.75, 3.05) is 20.6 Å². The van der Waals surface area contributed by atoms with Crippen molar-refractivity contribution < 1.29 is 27.4 Å². The molecule has 36 heavy (non-hydrogen) atoms. The molecule has 1 fully saturated rings. The molecule has 2 heterocycles. The molecular formula is C28H33F3N2O3. The van der Waals surface area contributed by atoms with Gasteiger partial charge in [0.25, 0.3) is 0 Å². The number of carbonyl (C=O) groups is 1. The van der Waals surface area contributed by atoms with Gasteiger partial charge in [0.1, 0.15) is 12.0 Å². The van der Waals surface area contributed by atoms with Gasteiger partial charge < -0.3 is 18.9 Å². The maximum Gasteiger partial charge on any atom is 0.586 e. The summed E-state index contributed by atoms with van der Waals surface area (Å²) in [6, 6.07) is 6.63. The third-order valence-electron chi connectivity index (χ3n) is 7.49. The molecular weight excluding hydrogens is 469 g/mol. The molecule has 1 saturated carbocycles. The molecule has 5 rings (SSSR count). The van der Waals surface area contributed by atoms with E-state index in [1.54, 1.807) is 12.1 Å². The number of hydrogen-bond donors (Lipinski definition) is 0. The highest BCUT2D eigenvalue weighted by Gasteiger charge is 2.52. The molecule has 2 unspecified atom stereocenters. The third-order valence-corrected chi connectivity index (χ3v) is 7.49. The number of benzene rings is 1. The first-order chi connectivity index (χ1) is 16.8. The lowest BCUT2D eigenvalue weighted by Crippen LogP contribution is -2.39. The number of hydrogen-bond acceptors (Lipinski definition) is 4. The van der Waals surface area contributed by atoms with E-state index in [1.165, 1.54) is 12.1 Å². The summed E-state index contributed by atoms with van der Waals surface area (Å²) in [4.78, 5) is 15.6. The van der Waals surface area contributed by atoms with Crippen LogP contribution >= 0.6 is 0 Å². The van der Waals surface area contributed by atoms with Crippen molar-refractivity contribution in [3.63, 3.8) is 0 Å². The highest BCUT2D eigenvalue weighted by molar-refractivity contribution is 5.94. The van der Waals surface area contributed by atoms with Gasteiger partial charge in [-0.15, -0.1) is 8.78 Å². The molecule has 0 spiro atoms. The van der Waals surface area contributed by atoms with Gasteiger partial charge in [0.05, 0.1) is 5.41 Å². The smallest absolute Gasteiger partial charge is 0.395 e.